The third kappa shape index (κ3) is 2.12. The molecule has 0 N–H and O–H groups in total. The van der Waals surface area contributed by atoms with Crippen molar-refractivity contribution in [2.75, 3.05) is 11.5 Å². The average Bonchev–Trinajstić information content (AvgIpc) is 2.51. The van der Waals surface area contributed by atoms with Crippen LogP contribution in [0.1, 0.15) is 16.7 Å². The number of hydrogen-bond donors (Lipinski definition) is 0. The van der Waals surface area contributed by atoms with Crippen LogP contribution < -0.4 is 0 Å². The first kappa shape index (κ1) is 10.4. The van der Waals surface area contributed by atoms with Gasteiger partial charge >= 0.3 is 0 Å². The molecule has 0 bridgehead atoms. The van der Waals surface area contributed by atoms with Gasteiger partial charge in [0.2, 0.25) is 0 Å². The molecule has 0 fully saturated rings. The highest BCUT2D eigenvalue weighted by molar-refractivity contribution is 7.92. The number of hydrogen-bond acceptors (Lipinski definition) is 2. The van der Waals surface area contributed by atoms with Gasteiger partial charge in [0.15, 0.2) is 9.84 Å². The molecule has 0 amide bonds. The molecular weight excluding hydrogens is 208 g/mol. The van der Waals surface area contributed by atoms with E-state index in [0.717, 1.165) is 11.1 Å². The van der Waals surface area contributed by atoms with E-state index in [4.69, 9.17) is 0 Å². The molecule has 1 aromatic rings. The van der Waals surface area contributed by atoms with E-state index in [-0.39, 0.29) is 11.5 Å². The number of benzene rings is 1. The van der Waals surface area contributed by atoms with Gasteiger partial charge in [-0.25, -0.2) is 8.42 Å². The van der Waals surface area contributed by atoms with Gasteiger partial charge in [0.1, 0.15) is 0 Å². The Hall–Kier alpha value is -1.09. The molecule has 0 saturated heterocycles. The van der Waals surface area contributed by atoms with Crippen molar-refractivity contribution in [1.29, 1.82) is 0 Å². The Morgan fingerprint density at radius 3 is 2.40 bits per heavy atom. The molecule has 0 aromatic heterocycles. The summed E-state index contributed by atoms with van der Waals surface area (Å²) >= 11 is 0. The summed E-state index contributed by atoms with van der Waals surface area (Å²) in [7, 11) is -2.86. The second-order valence-corrected chi connectivity index (χ2v) is 6.19. The molecule has 0 unspecified atom stereocenters. The molecule has 2 nitrogen and oxygen atoms in total. The molecule has 0 atom stereocenters. The summed E-state index contributed by atoms with van der Waals surface area (Å²) in [5, 5.41) is 0. The van der Waals surface area contributed by atoms with E-state index in [9.17, 15) is 8.42 Å². The first-order valence-corrected chi connectivity index (χ1v) is 6.77. The van der Waals surface area contributed by atoms with Crippen molar-refractivity contribution in [2.24, 2.45) is 0 Å². The second-order valence-electron chi connectivity index (χ2n) is 4.08. The van der Waals surface area contributed by atoms with Crippen LogP contribution in [0.25, 0.3) is 5.57 Å². The fraction of sp³-hybridized carbons (Fsp3) is 0.333. The van der Waals surface area contributed by atoms with Crippen molar-refractivity contribution in [3.05, 3.63) is 41.0 Å². The van der Waals surface area contributed by atoms with Crippen LogP contribution in [-0.2, 0) is 9.84 Å². The zero-order valence-electron chi connectivity index (χ0n) is 8.95. The Morgan fingerprint density at radius 1 is 1.13 bits per heavy atom. The summed E-state index contributed by atoms with van der Waals surface area (Å²) in [4.78, 5) is 0. The van der Waals surface area contributed by atoms with Crippen LogP contribution in [0.2, 0.25) is 0 Å². The van der Waals surface area contributed by atoms with E-state index < -0.39 is 9.84 Å². The SMILES string of the molecule is Cc1ccc(C2=CCS(=O)(=O)C2)cc1C. The molecule has 0 radical (unpaired) electrons. The summed E-state index contributed by atoms with van der Waals surface area (Å²) < 4.78 is 22.6. The van der Waals surface area contributed by atoms with Crippen molar-refractivity contribution in [2.45, 2.75) is 13.8 Å². The van der Waals surface area contributed by atoms with Gasteiger partial charge in [0.25, 0.3) is 0 Å². The first-order valence-electron chi connectivity index (χ1n) is 4.95. The Kier molecular flexibility index (Phi) is 2.43. The fourth-order valence-corrected chi connectivity index (χ4v) is 3.06. The lowest BCUT2D eigenvalue weighted by atomic mass is 10.0. The predicted molar refractivity (Wildman–Crippen MR) is 62.5 cm³/mol. The molecule has 0 spiro atoms. The minimum absolute atomic E-state index is 0.190. The Labute approximate surface area is 90.6 Å². The number of aryl methyl sites for hydroxylation is 2. The van der Waals surface area contributed by atoms with Gasteiger partial charge in [-0.05, 0) is 36.1 Å². The Morgan fingerprint density at radius 2 is 1.87 bits per heavy atom. The lowest BCUT2D eigenvalue weighted by Gasteiger charge is -2.05. The molecule has 80 valence electrons. The van der Waals surface area contributed by atoms with Crippen LogP contribution in [0.3, 0.4) is 0 Å². The average molecular weight is 222 g/mol. The molecule has 1 aliphatic rings. The van der Waals surface area contributed by atoms with E-state index in [2.05, 4.69) is 13.0 Å². The van der Waals surface area contributed by atoms with Gasteiger partial charge in [-0.2, -0.15) is 0 Å². The van der Waals surface area contributed by atoms with Crippen LogP contribution >= 0.6 is 0 Å². The summed E-state index contributed by atoms with van der Waals surface area (Å²) in [5.74, 6) is 0.380. The summed E-state index contributed by atoms with van der Waals surface area (Å²) in [5.41, 5.74) is 4.43. The van der Waals surface area contributed by atoms with Crippen LogP contribution in [0.4, 0.5) is 0 Å². The second kappa shape index (κ2) is 3.49. The molecule has 0 aliphatic carbocycles. The van der Waals surface area contributed by atoms with E-state index in [1.54, 1.807) is 0 Å². The highest BCUT2D eigenvalue weighted by atomic mass is 32.2. The Bertz CT molecular complexity index is 525. The minimum atomic E-state index is -2.86. The van der Waals surface area contributed by atoms with Crippen LogP contribution in [0.15, 0.2) is 24.3 Å². The van der Waals surface area contributed by atoms with Gasteiger partial charge in [0.05, 0.1) is 11.5 Å². The fourth-order valence-electron chi connectivity index (χ4n) is 1.72. The lowest BCUT2D eigenvalue weighted by molar-refractivity contribution is 0.603. The Balaban J connectivity index is 2.36. The van der Waals surface area contributed by atoms with E-state index in [0.29, 0.717) is 0 Å². The number of sulfone groups is 1. The maximum Gasteiger partial charge on any atom is 0.158 e. The zero-order chi connectivity index (χ0) is 11.1. The third-order valence-electron chi connectivity index (χ3n) is 2.84. The standard InChI is InChI=1S/C12H14O2S/c1-9-3-4-11(7-10(9)2)12-5-6-15(13,14)8-12/h3-5,7H,6,8H2,1-2H3. The van der Waals surface area contributed by atoms with Gasteiger partial charge in [-0.15, -0.1) is 0 Å². The van der Waals surface area contributed by atoms with Crippen LogP contribution in [0, 0.1) is 13.8 Å². The molecule has 0 saturated carbocycles. The van der Waals surface area contributed by atoms with Gasteiger partial charge < -0.3 is 0 Å². The van der Waals surface area contributed by atoms with E-state index in [1.165, 1.54) is 11.1 Å². The molecule has 1 heterocycles. The lowest BCUT2D eigenvalue weighted by Crippen LogP contribution is -2.02. The highest BCUT2D eigenvalue weighted by Crippen LogP contribution is 2.24. The van der Waals surface area contributed by atoms with Crippen molar-refractivity contribution >= 4 is 15.4 Å². The third-order valence-corrected chi connectivity index (χ3v) is 4.26. The maximum atomic E-state index is 11.3. The highest BCUT2D eigenvalue weighted by Gasteiger charge is 2.20. The maximum absolute atomic E-state index is 11.3. The normalized spacial score (nSPS) is 18.9. The smallest absolute Gasteiger partial charge is 0.158 e. The monoisotopic (exact) mass is 222 g/mol. The first-order chi connectivity index (χ1) is 6.98. The van der Waals surface area contributed by atoms with Crippen molar-refractivity contribution in [1.82, 2.24) is 0 Å². The van der Waals surface area contributed by atoms with Crippen molar-refractivity contribution in [3.8, 4) is 0 Å². The van der Waals surface area contributed by atoms with E-state index in [1.807, 2.05) is 25.1 Å². The summed E-state index contributed by atoms with van der Waals surface area (Å²) in [6, 6.07) is 6.09. The quantitative estimate of drug-likeness (QED) is 0.729. The van der Waals surface area contributed by atoms with Gasteiger partial charge in [-0.1, -0.05) is 24.3 Å². The van der Waals surface area contributed by atoms with E-state index >= 15 is 0 Å². The molecule has 15 heavy (non-hydrogen) atoms. The number of rotatable bonds is 1. The molecule has 1 aromatic carbocycles. The van der Waals surface area contributed by atoms with Crippen LogP contribution in [-0.4, -0.2) is 19.9 Å². The molecule has 1 aliphatic heterocycles. The zero-order valence-corrected chi connectivity index (χ0v) is 9.76. The topological polar surface area (TPSA) is 34.1 Å². The van der Waals surface area contributed by atoms with Gasteiger partial charge in [-0.3, -0.25) is 0 Å². The van der Waals surface area contributed by atoms with Crippen molar-refractivity contribution < 1.29 is 8.42 Å². The summed E-state index contributed by atoms with van der Waals surface area (Å²) in [6.07, 6.45) is 1.82. The molecular formula is C12H14O2S. The van der Waals surface area contributed by atoms with Gasteiger partial charge in [0, 0.05) is 0 Å². The van der Waals surface area contributed by atoms with Crippen molar-refractivity contribution in [3.63, 3.8) is 0 Å². The predicted octanol–water partition coefficient (Wildman–Crippen LogP) is 2.12. The summed E-state index contributed by atoms with van der Waals surface area (Å²) in [6.45, 7) is 4.10. The van der Waals surface area contributed by atoms with Crippen LogP contribution in [0.5, 0.6) is 0 Å². The molecule has 2 rings (SSSR count). The molecule has 3 heteroatoms. The minimum Gasteiger partial charge on any atom is -0.228 e. The largest absolute Gasteiger partial charge is 0.228 e.